The zero-order valence-corrected chi connectivity index (χ0v) is 17.3. The number of imidazole rings is 1. The van der Waals surface area contributed by atoms with Gasteiger partial charge in [0.1, 0.15) is 11.6 Å². The Morgan fingerprint density at radius 2 is 2.11 bits per heavy atom. The third-order valence-corrected chi connectivity index (χ3v) is 5.01. The molecule has 0 radical (unpaired) electrons. The van der Waals surface area contributed by atoms with E-state index in [2.05, 4.69) is 34.4 Å². The van der Waals surface area contributed by atoms with Crippen molar-refractivity contribution in [2.24, 2.45) is 0 Å². The highest BCUT2D eigenvalue weighted by atomic mass is 35.5. The number of benzene rings is 1. The van der Waals surface area contributed by atoms with Crippen LogP contribution in [0.1, 0.15) is 38.6 Å². The number of ether oxygens (including phenoxy) is 1. The van der Waals surface area contributed by atoms with Crippen molar-refractivity contribution in [1.82, 2.24) is 14.5 Å². The molecular weight excluding hydrogens is 376 g/mol. The van der Waals surface area contributed by atoms with Crippen molar-refractivity contribution in [1.29, 1.82) is 0 Å². The molecule has 0 amide bonds. The van der Waals surface area contributed by atoms with Crippen molar-refractivity contribution in [3.05, 3.63) is 41.3 Å². The molecule has 1 atom stereocenters. The van der Waals surface area contributed by atoms with Gasteiger partial charge in [-0.2, -0.15) is 0 Å². The first-order valence-electron chi connectivity index (χ1n) is 9.52. The highest BCUT2D eigenvalue weighted by molar-refractivity contribution is 6.33. The normalized spacial score (nSPS) is 16.9. The lowest BCUT2D eigenvalue weighted by atomic mass is 10.1. The molecule has 1 saturated heterocycles. The first-order valence-corrected chi connectivity index (χ1v) is 9.90. The lowest BCUT2D eigenvalue weighted by molar-refractivity contribution is -0.00535. The van der Waals surface area contributed by atoms with Gasteiger partial charge in [0, 0.05) is 24.4 Å². The molecule has 3 N–H and O–H groups in total. The van der Waals surface area contributed by atoms with Gasteiger partial charge in [-0.25, -0.2) is 9.97 Å². The van der Waals surface area contributed by atoms with E-state index in [-0.39, 0.29) is 6.10 Å². The van der Waals surface area contributed by atoms with Crippen molar-refractivity contribution < 1.29 is 9.84 Å². The van der Waals surface area contributed by atoms with Crippen molar-refractivity contribution in [2.45, 2.75) is 45.8 Å². The van der Waals surface area contributed by atoms with E-state index in [1.165, 1.54) is 0 Å². The highest BCUT2D eigenvalue weighted by Gasteiger charge is 2.12. The van der Waals surface area contributed by atoms with Gasteiger partial charge < -0.3 is 20.1 Å². The SMILES string of the molecule is Cc1nc2cc(-c3cc(N)ncc3Cl)ccc2n1C(C)C.OC1CCCOC1. The number of pyridine rings is 1. The van der Waals surface area contributed by atoms with Crippen molar-refractivity contribution in [3.63, 3.8) is 0 Å². The molecule has 3 heterocycles. The van der Waals surface area contributed by atoms with Gasteiger partial charge in [0.25, 0.3) is 0 Å². The third-order valence-electron chi connectivity index (χ3n) is 4.71. The summed E-state index contributed by atoms with van der Waals surface area (Å²) in [6.07, 6.45) is 3.32. The standard InChI is InChI=1S/C16H17ClN4.C5H10O2/c1-9(2)21-10(3)20-14-6-11(4-5-15(14)21)12-7-16(18)19-8-13(12)17;6-5-2-1-3-7-4-5/h4-9H,1-3H3,(H2,18,19);5-6H,1-4H2. The molecule has 0 saturated carbocycles. The lowest BCUT2D eigenvalue weighted by Crippen LogP contribution is -2.21. The summed E-state index contributed by atoms with van der Waals surface area (Å²) in [5.41, 5.74) is 9.72. The van der Waals surface area contributed by atoms with Crippen molar-refractivity contribution in [2.75, 3.05) is 18.9 Å². The van der Waals surface area contributed by atoms with Crippen LogP contribution in [0.25, 0.3) is 22.2 Å². The maximum Gasteiger partial charge on any atom is 0.124 e. The van der Waals surface area contributed by atoms with Gasteiger partial charge in [0.15, 0.2) is 0 Å². The summed E-state index contributed by atoms with van der Waals surface area (Å²) < 4.78 is 7.16. The molecule has 28 heavy (non-hydrogen) atoms. The Morgan fingerprint density at radius 1 is 1.32 bits per heavy atom. The van der Waals surface area contributed by atoms with E-state index < -0.39 is 0 Å². The molecule has 150 valence electrons. The molecule has 1 aliphatic heterocycles. The van der Waals surface area contributed by atoms with Crippen LogP contribution < -0.4 is 5.73 Å². The summed E-state index contributed by atoms with van der Waals surface area (Å²) in [4.78, 5) is 8.64. The van der Waals surface area contributed by atoms with E-state index in [4.69, 9.17) is 27.2 Å². The molecule has 0 bridgehead atoms. The number of anilines is 1. The molecule has 1 fully saturated rings. The number of aromatic nitrogens is 3. The fourth-order valence-corrected chi connectivity index (χ4v) is 3.65. The average molecular weight is 403 g/mol. The number of aryl methyl sites for hydroxylation is 1. The number of aliphatic hydroxyl groups excluding tert-OH is 1. The highest BCUT2D eigenvalue weighted by Crippen LogP contribution is 2.31. The van der Waals surface area contributed by atoms with Crippen LogP contribution in [0.15, 0.2) is 30.5 Å². The topological polar surface area (TPSA) is 86.2 Å². The van der Waals surface area contributed by atoms with Crippen LogP contribution in [0, 0.1) is 6.92 Å². The maximum absolute atomic E-state index is 8.78. The summed E-state index contributed by atoms with van der Waals surface area (Å²) in [5.74, 6) is 1.47. The Morgan fingerprint density at radius 3 is 2.71 bits per heavy atom. The quantitative estimate of drug-likeness (QED) is 0.664. The van der Waals surface area contributed by atoms with Crippen LogP contribution in [0.2, 0.25) is 5.02 Å². The predicted octanol–water partition coefficient (Wildman–Crippen LogP) is 4.38. The average Bonchev–Trinajstić information content (AvgIpc) is 3.00. The predicted molar refractivity (Wildman–Crippen MR) is 114 cm³/mol. The van der Waals surface area contributed by atoms with Gasteiger partial charge in [-0.15, -0.1) is 0 Å². The van der Waals surface area contributed by atoms with Gasteiger partial charge in [-0.3, -0.25) is 0 Å². The number of hydrogen-bond acceptors (Lipinski definition) is 5. The Bertz CT molecular complexity index is 949. The Balaban J connectivity index is 0.000000271. The van der Waals surface area contributed by atoms with Crippen LogP contribution in [-0.2, 0) is 4.74 Å². The Labute approximate surface area is 170 Å². The van der Waals surface area contributed by atoms with E-state index in [0.717, 1.165) is 47.4 Å². The van der Waals surface area contributed by atoms with Crippen LogP contribution in [0.4, 0.5) is 5.82 Å². The minimum Gasteiger partial charge on any atom is -0.391 e. The van der Waals surface area contributed by atoms with E-state index >= 15 is 0 Å². The summed E-state index contributed by atoms with van der Waals surface area (Å²) in [6, 6.07) is 8.33. The van der Waals surface area contributed by atoms with E-state index in [0.29, 0.717) is 23.5 Å². The second-order valence-corrected chi connectivity index (χ2v) is 7.69. The third kappa shape index (κ3) is 4.63. The second-order valence-electron chi connectivity index (χ2n) is 7.29. The lowest BCUT2D eigenvalue weighted by Gasteiger charge is -2.15. The first-order chi connectivity index (χ1) is 13.4. The van der Waals surface area contributed by atoms with Crippen molar-refractivity contribution >= 4 is 28.5 Å². The number of nitrogens with two attached hydrogens (primary N) is 1. The van der Waals surface area contributed by atoms with Crippen LogP contribution in [-0.4, -0.2) is 39.0 Å². The molecule has 6 nitrogen and oxygen atoms in total. The molecule has 1 aliphatic rings. The van der Waals surface area contributed by atoms with E-state index in [9.17, 15) is 0 Å². The Hall–Kier alpha value is -2.15. The minimum atomic E-state index is -0.186. The molecule has 4 rings (SSSR count). The largest absolute Gasteiger partial charge is 0.391 e. The van der Waals surface area contributed by atoms with Crippen LogP contribution >= 0.6 is 11.6 Å². The number of rotatable bonds is 2. The number of nitrogens with zero attached hydrogens (tertiary/aromatic N) is 3. The van der Waals surface area contributed by atoms with Gasteiger partial charge in [0.05, 0.1) is 28.8 Å². The summed E-state index contributed by atoms with van der Waals surface area (Å²) in [6.45, 7) is 7.71. The van der Waals surface area contributed by atoms with Gasteiger partial charge in [-0.1, -0.05) is 17.7 Å². The molecule has 3 aromatic rings. The van der Waals surface area contributed by atoms with Gasteiger partial charge in [-0.05, 0) is 57.4 Å². The monoisotopic (exact) mass is 402 g/mol. The summed E-state index contributed by atoms with van der Waals surface area (Å²) in [7, 11) is 0. The van der Waals surface area contributed by atoms with E-state index in [1.807, 2.05) is 19.1 Å². The van der Waals surface area contributed by atoms with E-state index in [1.54, 1.807) is 12.3 Å². The molecular formula is C21H27ClN4O2. The fourth-order valence-electron chi connectivity index (χ4n) is 3.44. The van der Waals surface area contributed by atoms with Gasteiger partial charge in [0.2, 0.25) is 0 Å². The first kappa shape index (κ1) is 20.6. The molecule has 2 aromatic heterocycles. The molecule has 0 aliphatic carbocycles. The molecule has 0 spiro atoms. The fraction of sp³-hybridized carbons (Fsp3) is 0.429. The number of hydrogen-bond donors (Lipinski definition) is 2. The number of aliphatic hydroxyl groups is 1. The zero-order valence-electron chi connectivity index (χ0n) is 16.5. The molecule has 1 unspecified atom stereocenters. The van der Waals surface area contributed by atoms with Crippen LogP contribution in [0.3, 0.4) is 0 Å². The molecule has 1 aromatic carbocycles. The number of nitrogen functional groups attached to an aromatic ring is 1. The molecule has 7 heteroatoms. The zero-order chi connectivity index (χ0) is 20.3. The Kier molecular flexibility index (Phi) is 6.54. The van der Waals surface area contributed by atoms with Gasteiger partial charge >= 0.3 is 0 Å². The summed E-state index contributed by atoms with van der Waals surface area (Å²) >= 11 is 6.23. The van der Waals surface area contributed by atoms with Crippen LogP contribution in [0.5, 0.6) is 0 Å². The summed E-state index contributed by atoms with van der Waals surface area (Å²) in [5, 5.41) is 9.37. The minimum absolute atomic E-state index is 0.186. The second kappa shape index (κ2) is 8.90. The van der Waals surface area contributed by atoms with Crippen molar-refractivity contribution in [3.8, 4) is 11.1 Å². The maximum atomic E-state index is 8.78. The smallest absolute Gasteiger partial charge is 0.124 e. The number of halogens is 1. The number of fused-ring (bicyclic) bond motifs is 1.